The summed E-state index contributed by atoms with van der Waals surface area (Å²) in [6.07, 6.45) is 4.85. The van der Waals surface area contributed by atoms with E-state index in [0.717, 1.165) is 12.8 Å². The molecule has 1 N–H and O–H groups in total. The van der Waals surface area contributed by atoms with Crippen molar-refractivity contribution in [2.75, 3.05) is 5.32 Å². The van der Waals surface area contributed by atoms with Crippen LogP contribution in [0.1, 0.15) is 39.5 Å². The van der Waals surface area contributed by atoms with Gasteiger partial charge in [-0.2, -0.15) is 15.0 Å². The normalized spacial score (nSPS) is 16.5. The van der Waals surface area contributed by atoms with Gasteiger partial charge < -0.3 is 10.1 Å². The summed E-state index contributed by atoms with van der Waals surface area (Å²) in [7, 11) is 0. The fourth-order valence-corrected chi connectivity index (χ4v) is 2.07. The van der Waals surface area contributed by atoms with Crippen LogP contribution in [0.4, 0.5) is 5.95 Å². The van der Waals surface area contributed by atoms with Gasteiger partial charge in [-0.3, -0.25) is 0 Å². The molecule has 1 aromatic rings. The van der Waals surface area contributed by atoms with Crippen molar-refractivity contribution in [3.63, 3.8) is 0 Å². The van der Waals surface area contributed by atoms with Crippen LogP contribution in [-0.4, -0.2) is 27.1 Å². The summed E-state index contributed by atoms with van der Waals surface area (Å²) < 4.78 is 5.41. The van der Waals surface area contributed by atoms with Crippen molar-refractivity contribution in [3.05, 3.63) is 5.28 Å². The fourth-order valence-electron chi connectivity index (χ4n) is 1.91. The van der Waals surface area contributed by atoms with Gasteiger partial charge in [-0.25, -0.2) is 0 Å². The van der Waals surface area contributed by atoms with Crippen LogP contribution in [-0.2, 0) is 0 Å². The van der Waals surface area contributed by atoms with Gasteiger partial charge in [-0.15, -0.1) is 0 Å². The van der Waals surface area contributed by atoms with Crippen molar-refractivity contribution < 1.29 is 4.74 Å². The van der Waals surface area contributed by atoms with E-state index in [1.165, 1.54) is 12.8 Å². The van der Waals surface area contributed by atoms with Crippen molar-refractivity contribution in [2.24, 2.45) is 0 Å². The van der Waals surface area contributed by atoms with Gasteiger partial charge in [0.15, 0.2) is 0 Å². The van der Waals surface area contributed by atoms with E-state index in [9.17, 15) is 0 Å². The van der Waals surface area contributed by atoms with Crippen molar-refractivity contribution in [2.45, 2.75) is 51.7 Å². The van der Waals surface area contributed by atoms with E-state index >= 15 is 0 Å². The third-order valence-corrected chi connectivity index (χ3v) is 2.79. The predicted molar refractivity (Wildman–Crippen MR) is 66.5 cm³/mol. The minimum absolute atomic E-state index is 0.0211. The first-order valence-corrected chi connectivity index (χ1v) is 6.36. The minimum Gasteiger partial charge on any atom is -0.461 e. The molecule has 5 nitrogen and oxygen atoms in total. The maximum absolute atomic E-state index is 5.84. The first kappa shape index (κ1) is 12.4. The molecule has 94 valence electrons. The van der Waals surface area contributed by atoms with Gasteiger partial charge in [0.1, 0.15) is 0 Å². The second kappa shape index (κ2) is 5.49. The Bertz CT molecular complexity index is 380. The van der Waals surface area contributed by atoms with Gasteiger partial charge in [-0.1, -0.05) is 12.8 Å². The van der Waals surface area contributed by atoms with Crippen molar-refractivity contribution in [3.8, 4) is 6.01 Å². The lowest BCUT2D eigenvalue weighted by molar-refractivity contribution is 0.222. The number of hydrogen-bond donors (Lipinski definition) is 1. The topological polar surface area (TPSA) is 59.9 Å². The zero-order chi connectivity index (χ0) is 12.3. The van der Waals surface area contributed by atoms with E-state index in [-0.39, 0.29) is 17.4 Å². The number of rotatable bonds is 4. The Balaban J connectivity index is 2.07. The zero-order valence-electron chi connectivity index (χ0n) is 10.1. The van der Waals surface area contributed by atoms with Crippen molar-refractivity contribution >= 4 is 17.5 Å². The largest absolute Gasteiger partial charge is 0.461 e. The standard InChI is InChI=1S/C11H17ClN4O/c1-7(2)17-11-15-9(12)14-10(16-11)13-8-5-3-4-6-8/h7-8H,3-6H2,1-2H3,(H,13,14,15,16). The maximum Gasteiger partial charge on any atom is 0.322 e. The lowest BCUT2D eigenvalue weighted by Gasteiger charge is -2.13. The van der Waals surface area contributed by atoms with E-state index in [4.69, 9.17) is 16.3 Å². The Kier molecular flexibility index (Phi) is 3.99. The lowest BCUT2D eigenvalue weighted by atomic mass is 10.3. The highest BCUT2D eigenvalue weighted by atomic mass is 35.5. The summed E-state index contributed by atoms with van der Waals surface area (Å²) in [5, 5.41) is 3.43. The molecule has 0 aromatic carbocycles. The van der Waals surface area contributed by atoms with Gasteiger partial charge in [0.2, 0.25) is 11.2 Å². The summed E-state index contributed by atoms with van der Waals surface area (Å²) in [5.74, 6) is 0.507. The highest BCUT2D eigenvalue weighted by Gasteiger charge is 2.17. The number of nitrogens with one attached hydrogen (secondary N) is 1. The summed E-state index contributed by atoms with van der Waals surface area (Å²) in [6, 6.07) is 0.723. The highest BCUT2D eigenvalue weighted by molar-refractivity contribution is 6.28. The Hall–Kier alpha value is -1.10. The molecule has 1 aliphatic rings. The monoisotopic (exact) mass is 256 g/mol. The van der Waals surface area contributed by atoms with Crippen LogP contribution in [0.5, 0.6) is 6.01 Å². The summed E-state index contributed by atoms with van der Waals surface area (Å²) >= 11 is 5.84. The van der Waals surface area contributed by atoms with Gasteiger partial charge in [0.25, 0.3) is 0 Å². The molecule has 0 atom stereocenters. The first-order valence-electron chi connectivity index (χ1n) is 5.98. The van der Waals surface area contributed by atoms with Gasteiger partial charge in [-0.05, 0) is 38.3 Å². The summed E-state index contributed by atoms with van der Waals surface area (Å²) in [6.45, 7) is 3.84. The molecule has 1 aromatic heterocycles. The van der Waals surface area contributed by atoms with Gasteiger partial charge >= 0.3 is 6.01 Å². The van der Waals surface area contributed by atoms with Crippen LogP contribution in [0.3, 0.4) is 0 Å². The van der Waals surface area contributed by atoms with E-state index in [2.05, 4.69) is 20.3 Å². The molecule has 1 fully saturated rings. The molecule has 1 heterocycles. The molecule has 17 heavy (non-hydrogen) atoms. The summed E-state index contributed by atoms with van der Waals surface area (Å²) in [4.78, 5) is 12.2. The second-order valence-electron chi connectivity index (χ2n) is 4.50. The van der Waals surface area contributed by atoms with Crippen LogP contribution in [0.2, 0.25) is 5.28 Å². The highest BCUT2D eigenvalue weighted by Crippen LogP contribution is 2.22. The number of anilines is 1. The number of ether oxygens (including phenoxy) is 1. The molecule has 0 amide bonds. The molecule has 1 saturated carbocycles. The van der Waals surface area contributed by atoms with Crippen molar-refractivity contribution in [1.82, 2.24) is 15.0 Å². The lowest BCUT2D eigenvalue weighted by Crippen LogP contribution is -2.18. The average molecular weight is 257 g/mol. The molecule has 0 spiro atoms. The molecule has 0 aliphatic heterocycles. The molecule has 1 aliphatic carbocycles. The molecule has 6 heteroatoms. The quantitative estimate of drug-likeness (QED) is 0.898. The van der Waals surface area contributed by atoms with E-state index in [0.29, 0.717) is 12.0 Å². The molecule has 0 bridgehead atoms. The van der Waals surface area contributed by atoms with E-state index in [1.807, 2.05) is 13.8 Å². The number of halogens is 1. The van der Waals surface area contributed by atoms with E-state index in [1.54, 1.807) is 0 Å². The van der Waals surface area contributed by atoms with Gasteiger partial charge in [0.05, 0.1) is 6.10 Å². The SMILES string of the molecule is CC(C)Oc1nc(Cl)nc(NC2CCCC2)n1. The van der Waals surface area contributed by atoms with Crippen molar-refractivity contribution in [1.29, 1.82) is 0 Å². The Morgan fingerprint density at radius 2 is 1.94 bits per heavy atom. The number of nitrogens with zero attached hydrogens (tertiary/aromatic N) is 3. The van der Waals surface area contributed by atoms with Crippen LogP contribution >= 0.6 is 11.6 Å². The molecule has 0 saturated heterocycles. The zero-order valence-corrected chi connectivity index (χ0v) is 10.9. The third-order valence-electron chi connectivity index (χ3n) is 2.62. The maximum atomic E-state index is 5.84. The third kappa shape index (κ3) is 3.70. The Labute approximate surface area is 106 Å². The second-order valence-corrected chi connectivity index (χ2v) is 4.84. The van der Waals surface area contributed by atoms with Gasteiger partial charge in [0, 0.05) is 6.04 Å². The average Bonchev–Trinajstić information content (AvgIpc) is 2.67. The Morgan fingerprint density at radius 3 is 2.59 bits per heavy atom. The first-order chi connectivity index (χ1) is 8.13. The molecular formula is C11H17ClN4O. The fraction of sp³-hybridized carbons (Fsp3) is 0.727. The molecule has 0 radical (unpaired) electrons. The number of hydrogen-bond acceptors (Lipinski definition) is 5. The minimum atomic E-state index is 0.0211. The predicted octanol–water partition coefficient (Wildman–Crippen LogP) is 2.67. The molecule has 0 unspecified atom stereocenters. The smallest absolute Gasteiger partial charge is 0.322 e. The molecule has 2 rings (SSSR count). The van der Waals surface area contributed by atoms with Crippen LogP contribution in [0.25, 0.3) is 0 Å². The molecular weight excluding hydrogens is 240 g/mol. The number of aromatic nitrogens is 3. The van der Waals surface area contributed by atoms with Crippen LogP contribution in [0, 0.1) is 0 Å². The summed E-state index contributed by atoms with van der Waals surface area (Å²) in [5.41, 5.74) is 0. The van der Waals surface area contributed by atoms with E-state index < -0.39 is 0 Å². The van der Waals surface area contributed by atoms with Crippen LogP contribution < -0.4 is 10.1 Å². The Morgan fingerprint density at radius 1 is 1.24 bits per heavy atom. The van der Waals surface area contributed by atoms with Crippen LogP contribution in [0.15, 0.2) is 0 Å².